The van der Waals surface area contributed by atoms with E-state index < -0.39 is 0 Å². The van der Waals surface area contributed by atoms with Crippen molar-refractivity contribution in [2.75, 3.05) is 13.7 Å². The van der Waals surface area contributed by atoms with Crippen LogP contribution in [-0.4, -0.2) is 29.4 Å². The Labute approximate surface area is 145 Å². The molecule has 0 aliphatic heterocycles. The molecular weight excluding hydrogens is 320 g/mol. The first-order valence-corrected chi connectivity index (χ1v) is 8.71. The third kappa shape index (κ3) is 4.11. The van der Waals surface area contributed by atoms with Crippen molar-refractivity contribution in [3.05, 3.63) is 59.1 Å². The Hall–Kier alpha value is -2.40. The zero-order valence-electron chi connectivity index (χ0n) is 13.9. The quantitative estimate of drug-likeness (QED) is 0.680. The van der Waals surface area contributed by atoms with Crippen LogP contribution < -0.4 is 4.74 Å². The van der Waals surface area contributed by atoms with Gasteiger partial charge in [-0.25, -0.2) is 4.98 Å². The summed E-state index contributed by atoms with van der Waals surface area (Å²) in [5.41, 5.74) is 2.13. The first kappa shape index (κ1) is 16.5. The highest BCUT2D eigenvalue weighted by molar-refractivity contribution is 7.18. The van der Waals surface area contributed by atoms with Crippen LogP contribution in [0.25, 0.3) is 10.2 Å². The molecule has 0 aliphatic carbocycles. The fourth-order valence-electron chi connectivity index (χ4n) is 2.43. The summed E-state index contributed by atoms with van der Waals surface area (Å²) >= 11 is 1.63. The van der Waals surface area contributed by atoms with Gasteiger partial charge in [-0.2, -0.15) is 0 Å². The predicted octanol–water partition coefficient (Wildman–Crippen LogP) is 4.03. The van der Waals surface area contributed by atoms with Crippen LogP contribution in [0.3, 0.4) is 0 Å². The number of rotatable bonds is 6. The van der Waals surface area contributed by atoms with Gasteiger partial charge in [0.2, 0.25) is 5.91 Å². The number of para-hydroxylation sites is 1. The molecule has 3 aromatic rings. The number of thiazole rings is 1. The summed E-state index contributed by atoms with van der Waals surface area (Å²) in [6, 6.07) is 15.9. The fraction of sp³-hybridized carbons (Fsp3) is 0.263. The van der Waals surface area contributed by atoms with Gasteiger partial charge >= 0.3 is 0 Å². The molecule has 0 N–H and O–H groups in total. The fourth-order valence-corrected chi connectivity index (χ4v) is 3.45. The maximum absolute atomic E-state index is 12.2. The lowest BCUT2D eigenvalue weighted by Crippen LogP contribution is -2.27. The molecule has 0 atom stereocenters. The van der Waals surface area contributed by atoms with Crippen LogP contribution in [0.4, 0.5) is 0 Å². The molecule has 24 heavy (non-hydrogen) atoms. The lowest BCUT2D eigenvalue weighted by molar-refractivity contribution is -0.130. The van der Waals surface area contributed by atoms with Gasteiger partial charge in [0.15, 0.2) is 0 Å². The van der Waals surface area contributed by atoms with Crippen LogP contribution in [-0.2, 0) is 11.3 Å². The molecule has 0 saturated heterocycles. The van der Waals surface area contributed by atoms with Gasteiger partial charge in [0.05, 0.1) is 29.8 Å². The molecule has 4 nitrogen and oxygen atoms in total. The van der Waals surface area contributed by atoms with Crippen molar-refractivity contribution in [1.82, 2.24) is 9.88 Å². The number of amides is 1. The molecule has 0 spiro atoms. The van der Waals surface area contributed by atoms with Crippen molar-refractivity contribution in [2.45, 2.75) is 19.9 Å². The number of aryl methyl sites for hydroxylation is 1. The SMILES string of the molecule is Cc1cccc(OCCC(=O)N(C)Cc2nc3ccccc3s2)c1. The van der Waals surface area contributed by atoms with Gasteiger partial charge in [0.25, 0.3) is 0 Å². The van der Waals surface area contributed by atoms with E-state index in [-0.39, 0.29) is 5.91 Å². The summed E-state index contributed by atoms with van der Waals surface area (Å²) in [6.45, 7) is 2.93. The monoisotopic (exact) mass is 340 g/mol. The minimum atomic E-state index is 0.0573. The van der Waals surface area contributed by atoms with Crippen molar-refractivity contribution in [1.29, 1.82) is 0 Å². The van der Waals surface area contributed by atoms with Crippen molar-refractivity contribution in [2.24, 2.45) is 0 Å². The Balaban J connectivity index is 1.51. The third-order valence-electron chi connectivity index (χ3n) is 3.71. The summed E-state index contributed by atoms with van der Waals surface area (Å²) in [4.78, 5) is 18.5. The smallest absolute Gasteiger partial charge is 0.226 e. The molecule has 0 unspecified atom stereocenters. The van der Waals surface area contributed by atoms with Gasteiger partial charge < -0.3 is 9.64 Å². The van der Waals surface area contributed by atoms with E-state index in [1.165, 1.54) is 0 Å². The maximum atomic E-state index is 12.2. The van der Waals surface area contributed by atoms with Gasteiger partial charge in [0, 0.05) is 7.05 Å². The maximum Gasteiger partial charge on any atom is 0.226 e. The zero-order chi connectivity index (χ0) is 16.9. The van der Waals surface area contributed by atoms with Crippen molar-refractivity contribution in [3.63, 3.8) is 0 Å². The first-order valence-electron chi connectivity index (χ1n) is 7.90. The van der Waals surface area contributed by atoms with E-state index in [2.05, 4.69) is 4.98 Å². The summed E-state index contributed by atoms with van der Waals surface area (Å²) in [5.74, 6) is 0.860. The number of aromatic nitrogens is 1. The average molecular weight is 340 g/mol. The summed E-state index contributed by atoms with van der Waals surface area (Å²) in [6.07, 6.45) is 0.356. The van der Waals surface area contributed by atoms with E-state index >= 15 is 0 Å². The first-order chi connectivity index (χ1) is 11.6. The number of nitrogens with zero attached hydrogens (tertiary/aromatic N) is 2. The Morgan fingerprint density at radius 2 is 2.04 bits per heavy atom. The highest BCUT2D eigenvalue weighted by atomic mass is 32.1. The van der Waals surface area contributed by atoms with E-state index in [0.717, 1.165) is 26.5 Å². The molecule has 124 valence electrons. The van der Waals surface area contributed by atoms with Gasteiger partial charge in [-0.05, 0) is 36.8 Å². The molecule has 0 saturated carbocycles. The Kier molecular flexibility index (Phi) is 5.11. The van der Waals surface area contributed by atoms with Crippen LogP contribution >= 0.6 is 11.3 Å². The highest BCUT2D eigenvalue weighted by Gasteiger charge is 2.12. The second kappa shape index (κ2) is 7.45. The number of hydrogen-bond donors (Lipinski definition) is 0. The van der Waals surface area contributed by atoms with Gasteiger partial charge in [0.1, 0.15) is 10.8 Å². The van der Waals surface area contributed by atoms with E-state index in [4.69, 9.17) is 4.74 Å². The second-order valence-corrected chi connectivity index (χ2v) is 6.86. The van der Waals surface area contributed by atoms with Crippen molar-refractivity contribution < 1.29 is 9.53 Å². The van der Waals surface area contributed by atoms with Crippen molar-refractivity contribution in [3.8, 4) is 5.75 Å². The topological polar surface area (TPSA) is 42.4 Å². The van der Waals surface area contributed by atoms with E-state index in [0.29, 0.717) is 19.6 Å². The van der Waals surface area contributed by atoms with Crippen molar-refractivity contribution >= 4 is 27.5 Å². The van der Waals surface area contributed by atoms with Crippen LogP contribution in [0, 0.1) is 6.92 Å². The van der Waals surface area contributed by atoms with Gasteiger partial charge in [-0.15, -0.1) is 11.3 Å². The van der Waals surface area contributed by atoms with E-state index in [1.54, 1.807) is 23.3 Å². The normalized spacial score (nSPS) is 10.8. The molecule has 1 aromatic heterocycles. The highest BCUT2D eigenvalue weighted by Crippen LogP contribution is 2.22. The standard InChI is InChI=1S/C19H20N2O2S/c1-14-6-5-7-15(12-14)23-11-10-19(22)21(2)13-18-20-16-8-3-4-9-17(16)24-18/h3-9,12H,10-11,13H2,1-2H3. The lowest BCUT2D eigenvalue weighted by atomic mass is 10.2. The van der Waals surface area contributed by atoms with Gasteiger partial charge in [-0.1, -0.05) is 24.3 Å². The molecule has 1 heterocycles. The van der Waals surface area contributed by atoms with E-state index in [9.17, 15) is 4.79 Å². The van der Waals surface area contributed by atoms with Crippen LogP contribution in [0.15, 0.2) is 48.5 Å². The number of hydrogen-bond acceptors (Lipinski definition) is 4. The Bertz CT molecular complexity index is 811. The molecule has 0 bridgehead atoms. The number of ether oxygens (including phenoxy) is 1. The van der Waals surface area contributed by atoms with Crippen LogP contribution in [0.2, 0.25) is 0 Å². The third-order valence-corrected chi connectivity index (χ3v) is 4.73. The zero-order valence-corrected chi connectivity index (χ0v) is 14.7. The lowest BCUT2D eigenvalue weighted by Gasteiger charge is -2.15. The Morgan fingerprint density at radius 1 is 1.21 bits per heavy atom. The number of carbonyl (C=O) groups is 1. The summed E-state index contributed by atoms with van der Waals surface area (Å²) in [5, 5.41) is 0.951. The van der Waals surface area contributed by atoms with Crippen LogP contribution in [0.1, 0.15) is 17.0 Å². The predicted molar refractivity (Wildman–Crippen MR) is 97.4 cm³/mol. The number of benzene rings is 2. The molecule has 5 heteroatoms. The molecule has 2 aromatic carbocycles. The van der Waals surface area contributed by atoms with Gasteiger partial charge in [-0.3, -0.25) is 4.79 Å². The summed E-state index contributed by atoms with van der Waals surface area (Å²) in [7, 11) is 1.81. The largest absolute Gasteiger partial charge is 0.493 e. The molecular formula is C19H20N2O2S. The molecule has 0 fully saturated rings. The summed E-state index contributed by atoms with van der Waals surface area (Å²) < 4.78 is 6.79. The van der Waals surface area contributed by atoms with Crippen LogP contribution in [0.5, 0.6) is 5.75 Å². The van der Waals surface area contributed by atoms with E-state index in [1.807, 2.05) is 55.5 Å². The number of fused-ring (bicyclic) bond motifs is 1. The second-order valence-electron chi connectivity index (χ2n) is 5.74. The molecule has 0 radical (unpaired) electrons. The molecule has 0 aliphatic rings. The molecule has 1 amide bonds. The minimum absolute atomic E-state index is 0.0573. The number of carbonyl (C=O) groups excluding carboxylic acids is 1. The molecule has 3 rings (SSSR count). The Morgan fingerprint density at radius 3 is 2.83 bits per heavy atom. The average Bonchev–Trinajstić information content (AvgIpc) is 2.97. The minimum Gasteiger partial charge on any atom is -0.493 e.